The third kappa shape index (κ3) is 66.4. The number of carbonyl (C=O) groups is 3. The fraction of sp³-hybridized carbons (Fsp3) is 0.878. The molecule has 0 saturated carbocycles. The van der Waals surface area contributed by atoms with Crippen LogP contribution < -0.4 is 0 Å². The summed E-state index contributed by atoms with van der Waals surface area (Å²) in [5.41, 5.74) is 0. The van der Waals surface area contributed by atoms with Crippen molar-refractivity contribution in [3.05, 3.63) is 36.5 Å². The molecule has 1 unspecified atom stereocenters. The van der Waals surface area contributed by atoms with Gasteiger partial charge in [-0.15, -0.1) is 0 Å². The van der Waals surface area contributed by atoms with E-state index in [1.54, 1.807) is 0 Å². The number of allylic oxidation sites excluding steroid dienone is 6. The molecule has 0 aliphatic heterocycles. The number of esters is 3. The fourth-order valence-electron chi connectivity index (χ4n) is 10.9. The van der Waals surface area contributed by atoms with Crippen LogP contribution >= 0.6 is 0 Å². The second-order valence-corrected chi connectivity index (χ2v) is 24.5. The Kier molecular flexibility index (Phi) is 67.1. The van der Waals surface area contributed by atoms with Gasteiger partial charge in [-0.05, 0) is 77.0 Å². The third-order valence-corrected chi connectivity index (χ3v) is 16.4. The zero-order valence-corrected chi connectivity index (χ0v) is 54.1. The summed E-state index contributed by atoms with van der Waals surface area (Å²) in [6.07, 6.45) is 86.3. The topological polar surface area (TPSA) is 78.9 Å². The first-order valence-corrected chi connectivity index (χ1v) is 36.0. The van der Waals surface area contributed by atoms with Crippen molar-refractivity contribution in [3.63, 3.8) is 0 Å². The van der Waals surface area contributed by atoms with Gasteiger partial charge in [-0.2, -0.15) is 0 Å². The number of carbonyl (C=O) groups excluding carboxylic acids is 3. The standard InChI is InChI=1S/C74H138O6/c1-4-7-10-13-16-19-22-24-26-28-29-30-31-32-33-34-35-36-37-38-39-40-41-42-43-44-45-46-48-49-52-55-58-61-64-67-73(76)79-70-71(69-78-72(75)66-63-60-57-54-51-21-18-15-12-9-6-3)80-74(77)68-65-62-59-56-53-50-47-27-25-23-20-17-14-11-8-5-2/h22,24,27-29,47,71H,4-21,23,25-26,30-46,48-70H2,1-3H3/b24-22-,29-28-,47-27-. The van der Waals surface area contributed by atoms with Crippen LogP contribution in [0.3, 0.4) is 0 Å². The van der Waals surface area contributed by atoms with E-state index < -0.39 is 6.10 Å². The van der Waals surface area contributed by atoms with Crippen molar-refractivity contribution in [1.82, 2.24) is 0 Å². The summed E-state index contributed by atoms with van der Waals surface area (Å²) in [4.78, 5) is 38.3. The van der Waals surface area contributed by atoms with E-state index in [9.17, 15) is 14.4 Å². The smallest absolute Gasteiger partial charge is 0.306 e. The van der Waals surface area contributed by atoms with E-state index in [1.165, 1.54) is 289 Å². The first-order chi connectivity index (χ1) is 39.5. The first-order valence-electron chi connectivity index (χ1n) is 36.0. The number of rotatable bonds is 67. The molecule has 0 radical (unpaired) electrons. The van der Waals surface area contributed by atoms with Crippen LogP contribution in [-0.4, -0.2) is 37.2 Å². The Balaban J connectivity index is 4.02. The lowest BCUT2D eigenvalue weighted by Crippen LogP contribution is -2.30. The third-order valence-electron chi connectivity index (χ3n) is 16.4. The molecule has 1 atom stereocenters. The molecule has 0 amide bonds. The van der Waals surface area contributed by atoms with Crippen LogP contribution in [0.15, 0.2) is 36.5 Å². The molecule has 0 aromatic carbocycles. The predicted octanol–water partition coefficient (Wildman–Crippen LogP) is 24.7. The largest absolute Gasteiger partial charge is 0.462 e. The van der Waals surface area contributed by atoms with Gasteiger partial charge in [-0.3, -0.25) is 14.4 Å². The first kappa shape index (κ1) is 77.6. The summed E-state index contributed by atoms with van der Waals surface area (Å²) in [5.74, 6) is -0.851. The van der Waals surface area contributed by atoms with Crippen LogP contribution in [0.2, 0.25) is 0 Å². The maximum absolute atomic E-state index is 12.9. The van der Waals surface area contributed by atoms with Gasteiger partial charge in [0.15, 0.2) is 6.10 Å². The summed E-state index contributed by atoms with van der Waals surface area (Å²) < 4.78 is 16.9. The summed E-state index contributed by atoms with van der Waals surface area (Å²) in [6.45, 7) is 6.68. The maximum Gasteiger partial charge on any atom is 0.306 e. The zero-order chi connectivity index (χ0) is 57.8. The Hall–Kier alpha value is -2.37. The number of hydrogen-bond acceptors (Lipinski definition) is 6. The van der Waals surface area contributed by atoms with E-state index in [-0.39, 0.29) is 31.1 Å². The van der Waals surface area contributed by atoms with Crippen LogP contribution in [-0.2, 0) is 28.6 Å². The molecule has 0 bridgehead atoms. The van der Waals surface area contributed by atoms with Crippen molar-refractivity contribution in [2.24, 2.45) is 0 Å². The fourth-order valence-corrected chi connectivity index (χ4v) is 10.9. The van der Waals surface area contributed by atoms with E-state index in [4.69, 9.17) is 14.2 Å². The number of hydrogen-bond donors (Lipinski definition) is 0. The lowest BCUT2D eigenvalue weighted by Gasteiger charge is -2.18. The highest BCUT2D eigenvalue weighted by Gasteiger charge is 2.19. The highest BCUT2D eigenvalue weighted by molar-refractivity contribution is 5.71. The summed E-state index contributed by atoms with van der Waals surface area (Å²) in [5, 5.41) is 0. The average Bonchev–Trinajstić information content (AvgIpc) is 3.46. The van der Waals surface area contributed by atoms with Gasteiger partial charge in [-0.25, -0.2) is 0 Å². The molecule has 0 N–H and O–H groups in total. The van der Waals surface area contributed by atoms with E-state index in [0.29, 0.717) is 19.3 Å². The molecular weight excluding hydrogens is 985 g/mol. The average molecular weight is 1120 g/mol. The maximum atomic E-state index is 12.9. The molecule has 0 fully saturated rings. The molecule has 0 rings (SSSR count). The minimum absolute atomic E-state index is 0.0691. The van der Waals surface area contributed by atoms with Gasteiger partial charge in [0, 0.05) is 19.3 Å². The van der Waals surface area contributed by atoms with E-state index in [0.717, 1.165) is 70.6 Å². The van der Waals surface area contributed by atoms with Gasteiger partial charge in [-0.1, -0.05) is 340 Å². The monoisotopic (exact) mass is 1120 g/mol. The normalized spacial score (nSPS) is 12.2. The molecule has 0 heterocycles. The zero-order valence-electron chi connectivity index (χ0n) is 54.1. The van der Waals surface area contributed by atoms with Gasteiger partial charge in [0.1, 0.15) is 13.2 Å². The Morgan fingerprint density at radius 3 is 0.700 bits per heavy atom. The van der Waals surface area contributed by atoms with Crippen LogP contribution in [0.1, 0.15) is 400 Å². The molecule has 0 aromatic heterocycles. The van der Waals surface area contributed by atoms with E-state index in [2.05, 4.69) is 57.2 Å². The Morgan fingerprint density at radius 2 is 0.450 bits per heavy atom. The number of unbranched alkanes of at least 4 members (excludes halogenated alkanes) is 50. The molecular formula is C74H138O6. The molecule has 470 valence electrons. The highest BCUT2D eigenvalue weighted by Crippen LogP contribution is 2.18. The van der Waals surface area contributed by atoms with E-state index in [1.807, 2.05) is 0 Å². The SMILES string of the molecule is CCCCCCC/C=C\C/C=C\CCCCCCCCCCCCCCCCCCCCCCCCCC(=O)OCC(COC(=O)CCCCCCCCCCCCC)OC(=O)CCCCCCC/C=C\CCCCCCCCC. The lowest BCUT2D eigenvalue weighted by atomic mass is 10.0. The van der Waals surface area contributed by atoms with Crippen LogP contribution in [0.4, 0.5) is 0 Å². The van der Waals surface area contributed by atoms with Crippen molar-refractivity contribution in [1.29, 1.82) is 0 Å². The summed E-state index contributed by atoms with van der Waals surface area (Å²) >= 11 is 0. The predicted molar refractivity (Wildman–Crippen MR) is 349 cm³/mol. The van der Waals surface area contributed by atoms with Crippen molar-refractivity contribution in [2.45, 2.75) is 406 Å². The second-order valence-electron chi connectivity index (χ2n) is 24.5. The van der Waals surface area contributed by atoms with Gasteiger partial charge < -0.3 is 14.2 Å². The highest BCUT2D eigenvalue weighted by atomic mass is 16.6. The minimum Gasteiger partial charge on any atom is -0.462 e. The lowest BCUT2D eigenvalue weighted by molar-refractivity contribution is -0.167. The minimum atomic E-state index is -0.772. The molecule has 0 spiro atoms. The van der Waals surface area contributed by atoms with Crippen molar-refractivity contribution in [3.8, 4) is 0 Å². The van der Waals surface area contributed by atoms with Crippen molar-refractivity contribution >= 4 is 17.9 Å². The second kappa shape index (κ2) is 69.1. The molecule has 6 nitrogen and oxygen atoms in total. The van der Waals surface area contributed by atoms with Gasteiger partial charge in [0.05, 0.1) is 0 Å². The molecule has 0 aliphatic rings. The van der Waals surface area contributed by atoms with Gasteiger partial charge >= 0.3 is 17.9 Å². The molecule has 0 saturated heterocycles. The molecule has 0 aliphatic carbocycles. The van der Waals surface area contributed by atoms with Gasteiger partial charge in [0.2, 0.25) is 0 Å². The molecule has 6 heteroatoms. The summed E-state index contributed by atoms with van der Waals surface area (Å²) in [7, 11) is 0. The Labute approximate surface area is 499 Å². The quantitative estimate of drug-likeness (QED) is 0.0261. The Bertz CT molecular complexity index is 1340. The molecule has 80 heavy (non-hydrogen) atoms. The summed E-state index contributed by atoms with van der Waals surface area (Å²) in [6, 6.07) is 0. The van der Waals surface area contributed by atoms with Crippen LogP contribution in [0, 0.1) is 0 Å². The number of ether oxygens (including phenoxy) is 3. The van der Waals surface area contributed by atoms with Crippen molar-refractivity contribution in [2.75, 3.05) is 13.2 Å². The van der Waals surface area contributed by atoms with Crippen LogP contribution in [0.25, 0.3) is 0 Å². The van der Waals surface area contributed by atoms with Crippen molar-refractivity contribution < 1.29 is 28.6 Å². The Morgan fingerprint density at radius 1 is 0.250 bits per heavy atom. The van der Waals surface area contributed by atoms with Crippen LogP contribution in [0.5, 0.6) is 0 Å². The van der Waals surface area contributed by atoms with Gasteiger partial charge in [0.25, 0.3) is 0 Å². The van der Waals surface area contributed by atoms with E-state index >= 15 is 0 Å². The molecule has 0 aromatic rings.